The van der Waals surface area contributed by atoms with Crippen molar-refractivity contribution in [3.63, 3.8) is 0 Å². The molecular weight excluding hydrogens is 76.1 g/mol. The van der Waals surface area contributed by atoms with Gasteiger partial charge in [-0.15, -0.1) is 0 Å². The van der Waals surface area contributed by atoms with E-state index in [1.807, 2.05) is 0 Å². The number of rotatable bonds is 0. The van der Waals surface area contributed by atoms with Crippen molar-refractivity contribution in [1.29, 1.82) is 0 Å². The first-order chi connectivity index (χ1) is 2.73. The van der Waals surface area contributed by atoms with Crippen LogP contribution in [0.3, 0.4) is 0 Å². The normalized spacial score (nSPS) is 55.5. The van der Waals surface area contributed by atoms with Gasteiger partial charge >= 0.3 is 0 Å². The topological polar surface area (TPSA) is 6.02 Å². The van der Waals surface area contributed by atoms with Crippen LogP contribution in [-0.2, 0) is 0 Å². The average Bonchev–Trinajstić information content (AvgIpc) is 1.94. The molecule has 0 aliphatic carbocycles. The second-order valence-corrected chi connectivity index (χ2v) is 1.78. The predicted octanol–water partition coefficient (Wildman–Crippen LogP) is 0.125. The summed E-state index contributed by atoms with van der Waals surface area (Å²) < 4.78 is 0. The summed E-state index contributed by atoms with van der Waals surface area (Å²) in [6.07, 6.45) is 0.685. The molecule has 0 amide bonds. The van der Waals surface area contributed by atoms with Crippen molar-refractivity contribution in [3.8, 4) is 0 Å². The van der Waals surface area contributed by atoms with Crippen LogP contribution in [0.25, 0.3) is 0 Å². The molecule has 0 N–H and O–H groups in total. The lowest BCUT2D eigenvalue weighted by atomic mass is 10.7. The molecule has 0 saturated carbocycles. The van der Waals surface area contributed by atoms with Crippen LogP contribution in [0, 0.1) is 0 Å². The maximum absolute atomic E-state index is 2.17. The van der Waals surface area contributed by atoms with Gasteiger partial charge in [-0.05, 0) is 6.92 Å². The van der Waals surface area contributed by atoms with Gasteiger partial charge in [0.25, 0.3) is 0 Å². The second-order valence-electron chi connectivity index (χ2n) is 1.78. The SMILES string of the molecule is CC1N(C)N1C. The van der Waals surface area contributed by atoms with Crippen LogP contribution in [0.4, 0.5) is 0 Å². The van der Waals surface area contributed by atoms with E-state index in [0.717, 1.165) is 0 Å². The first-order valence-electron chi connectivity index (χ1n) is 2.19. The van der Waals surface area contributed by atoms with Crippen molar-refractivity contribution in [2.75, 3.05) is 14.1 Å². The maximum atomic E-state index is 2.17. The van der Waals surface area contributed by atoms with E-state index in [0.29, 0.717) is 6.17 Å². The first kappa shape index (κ1) is 4.09. The molecule has 1 saturated heterocycles. The third-order valence-corrected chi connectivity index (χ3v) is 1.52. The molecule has 0 aromatic carbocycles. The minimum atomic E-state index is 0.685. The van der Waals surface area contributed by atoms with Gasteiger partial charge in [0, 0.05) is 14.1 Å². The van der Waals surface area contributed by atoms with Crippen molar-refractivity contribution in [2.24, 2.45) is 0 Å². The number of hydrazine groups is 1. The van der Waals surface area contributed by atoms with E-state index in [4.69, 9.17) is 0 Å². The Balaban J connectivity index is 2.31. The highest BCUT2D eigenvalue weighted by Crippen LogP contribution is 2.17. The van der Waals surface area contributed by atoms with Gasteiger partial charge in [0.15, 0.2) is 0 Å². The van der Waals surface area contributed by atoms with Crippen molar-refractivity contribution >= 4 is 0 Å². The van der Waals surface area contributed by atoms with Gasteiger partial charge in [-0.2, -0.15) is 0 Å². The zero-order chi connectivity index (χ0) is 4.73. The highest BCUT2D eigenvalue weighted by molar-refractivity contribution is 4.69. The van der Waals surface area contributed by atoms with Crippen LogP contribution < -0.4 is 0 Å². The van der Waals surface area contributed by atoms with Gasteiger partial charge in [0.05, 0.1) is 6.17 Å². The van der Waals surface area contributed by atoms with E-state index in [1.165, 1.54) is 0 Å². The Kier molecular flexibility index (Phi) is 0.648. The summed E-state index contributed by atoms with van der Waals surface area (Å²) in [5.41, 5.74) is 0. The highest BCUT2D eigenvalue weighted by atomic mass is 15.8. The molecule has 1 rings (SSSR count). The molecule has 0 bridgehead atoms. The van der Waals surface area contributed by atoms with Gasteiger partial charge in [-0.25, -0.2) is 10.0 Å². The van der Waals surface area contributed by atoms with E-state index < -0.39 is 0 Å². The molecule has 0 aromatic heterocycles. The van der Waals surface area contributed by atoms with E-state index in [-0.39, 0.29) is 0 Å². The summed E-state index contributed by atoms with van der Waals surface area (Å²) in [4.78, 5) is 0. The lowest BCUT2D eigenvalue weighted by molar-refractivity contribution is 0.412. The largest absolute Gasteiger partial charge is 0.225 e. The Bertz CT molecular complexity index is 42.3. The van der Waals surface area contributed by atoms with Gasteiger partial charge in [0.1, 0.15) is 0 Å². The summed E-state index contributed by atoms with van der Waals surface area (Å²) >= 11 is 0. The molecule has 0 spiro atoms. The zero-order valence-corrected chi connectivity index (χ0v) is 4.47. The molecule has 1 heterocycles. The van der Waals surface area contributed by atoms with E-state index in [9.17, 15) is 0 Å². The summed E-state index contributed by atoms with van der Waals surface area (Å²) in [7, 11) is 4.15. The maximum Gasteiger partial charge on any atom is 0.0860 e. The Labute approximate surface area is 38.3 Å². The van der Waals surface area contributed by atoms with Crippen LogP contribution in [-0.4, -0.2) is 30.3 Å². The molecule has 1 fully saturated rings. The smallest absolute Gasteiger partial charge is 0.0860 e. The zero-order valence-electron chi connectivity index (χ0n) is 4.47. The average molecular weight is 86.1 g/mol. The lowest BCUT2D eigenvalue weighted by Crippen LogP contribution is -1.91. The highest BCUT2D eigenvalue weighted by Gasteiger charge is 2.32. The summed E-state index contributed by atoms with van der Waals surface area (Å²) in [5.74, 6) is 0. The van der Waals surface area contributed by atoms with Crippen molar-refractivity contribution in [3.05, 3.63) is 0 Å². The third-order valence-electron chi connectivity index (χ3n) is 1.52. The molecule has 2 nitrogen and oxygen atoms in total. The Morgan fingerprint density at radius 2 is 1.33 bits per heavy atom. The molecule has 0 radical (unpaired) electrons. The van der Waals surface area contributed by atoms with E-state index in [1.54, 1.807) is 0 Å². The first-order valence-corrected chi connectivity index (χ1v) is 2.19. The van der Waals surface area contributed by atoms with Crippen LogP contribution in [0.15, 0.2) is 0 Å². The molecule has 36 valence electrons. The van der Waals surface area contributed by atoms with Gasteiger partial charge < -0.3 is 0 Å². The molecule has 2 unspecified atom stereocenters. The minimum absolute atomic E-state index is 0.685. The van der Waals surface area contributed by atoms with Gasteiger partial charge in [-0.1, -0.05) is 0 Å². The van der Waals surface area contributed by atoms with E-state index >= 15 is 0 Å². The van der Waals surface area contributed by atoms with Crippen LogP contribution in [0.1, 0.15) is 6.92 Å². The predicted molar refractivity (Wildman–Crippen MR) is 25.0 cm³/mol. The van der Waals surface area contributed by atoms with Crippen molar-refractivity contribution in [2.45, 2.75) is 13.1 Å². The second kappa shape index (κ2) is 0.950. The molecule has 2 atom stereocenters. The summed E-state index contributed by atoms with van der Waals surface area (Å²) in [5, 5.41) is 4.33. The third kappa shape index (κ3) is 0.340. The minimum Gasteiger partial charge on any atom is -0.225 e. The summed E-state index contributed by atoms with van der Waals surface area (Å²) in [6, 6.07) is 0. The monoisotopic (exact) mass is 86.1 g/mol. The van der Waals surface area contributed by atoms with Crippen LogP contribution in [0.2, 0.25) is 0 Å². The molecule has 2 heteroatoms. The molecule has 1 aliphatic heterocycles. The van der Waals surface area contributed by atoms with Crippen molar-refractivity contribution < 1.29 is 0 Å². The Hall–Kier alpha value is -0.0800. The Morgan fingerprint density at radius 3 is 1.33 bits per heavy atom. The number of hydrogen-bond donors (Lipinski definition) is 0. The molecule has 1 aliphatic rings. The fourth-order valence-corrected chi connectivity index (χ4v) is 0.516. The van der Waals surface area contributed by atoms with Gasteiger partial charge in [0.2, 0.25) is 0 Å². The van der Waals surface area contributed by atoms with Crippen LogP contribution >= 0.6 is 0 Å². The fraction of sp³-hybridized carbons (Fsp3) is 1.00. The standard InChI is InChI=1S/C4H10N2/c1-4-5(2)6(4)3/h4H,1-3H3. The molecular formula is C4H10N2. The van der Waals surface area contributed by atoms with Crippen LogP contribution in [0.5, 0.6) is 0 Å². The molecule has 0 aromatic rings. The van der Waals surface area contributed by atoms with Gasteiger partial charge in [-0.3, -0.25) is 0 Å². The number of hydrogen-bond acceptors (Lipinski definition) is 2. The van der Waals surface area contributed by atoms with Crippen molar-refractivity contribution in [1.82, 2.24) is 10.0 Å². The molecule has 6 heavy (non-hydrogen) atoms. The Morgan fingerprint density at radius 1 is 1.17 bits per heavy atom. The van der Waals surface area contributed by atoms with E-state index in [2.05, 4.69) is 31.0 Å². The number of nitrogens with zero attached hydrogens (tertiary/aromatic N) is 2. The fourth-order valence-electron chi connectivity index (χ4n) is 0.516. The summed E-state index contributed by atoms with van der Waals surface area (Å²) in [6.45, 7) is 2.17. The lowest BCUT2D eigenvalue weighted by Gasteiger charge is -1.78. The quantitative estimate of drug-likeness (QED) is 0.386.